The minimum Gasteiger partial charge on any atom is -0.497 e. The molecule has 0 aliphatic carbocycles. The molecule has 2 N–H and O–H groups in total. The number of carbonyl (C=O) groups is 2. The Hall–Kier alpha value is -3.64. The summed E-state index contributed by atoms with van der Waals surface area (Å²) in [5, 5.41) is 3.49. The number of ether oxygens (including phenoxy) is 1. The van der Waals surface area contributed by atoms with Crippen LogP contribution in [0.5, 0.6) is 5.75 Å². The van der Waals surface area contributed by atoms with Gasteiger partial charge in [-0.3, -0.25) is 9.59 Å². The number of rotatable bonds is 5. The van der Waals surface area contributed by atoms with E-state index in [0.29, 0.717) is 16.3 Å². The largest absolute Gasteiger partial charge is 0.497 e. The minimum atomic E-state index is -0.800. The number of hydrazine groups is 1. The van der Waals surface area contributed by atoms with Crippen molar-refractivity contribution in [3.8, 4) is 5.75 Å². The first-order valence-corrected chi connectivity index (χ1v) is 10.5. The maximum absolute atomic E-state index is 12.9. The molecule has 2 amide bonds. The Balaban J connectivity index is 1.69. The SMILES string of the molecule is COc1ccc(C(=O)N[C@H]2C(=O)N/[N+](=C\c3ccccc3C)[C@H]2c2ccc(Cl)cc2)cc1. The summed E-state index contributed by atoms with van der Waals surface area (Å²) in [5.41, 5.74) is 6.21. The molecule has 4 rings (SSSR count). The zero-order chi connectivity index (χ0) is 22.7. The standard InChI is InChI=1S/C25H22ClN3O3/c1-16-5-3-4-6-19(16)15-29-23(17-7-11-20(26)12-8-17)22(25(31)28-29)27-24(30)18-9-13-21(32-2)14-10-18/h3-15,22-23H,1-2H3,(H-,27,28,30,31)/p+1/b29-15-/t22-,23+/m1/s1. The molecule has 0 unspecified atom stereocenters. The number of halogens is 1. The minimum absolute atomic E-state index is 0.295. The predicted octanol–water partition coefficient (Wildman–Crippen LogP) is 3.67. The molecule has 1 aliphatic rings. The number of aryl methyl sites for hydroxylation is 1. The van der Waals surface area contributed by atoms with E-state index in [4.69, 9.17) is 16.3 Å². The highest BCUT2D eigenvalue weighted by molar-refractivity contribution is 6.30. The summed E-state index contributed by atoms with van der Waals surface area (Å²) in [5.74, 6) is 0.0133. The van der Waals surface area contributed by atoms with Crippen molar-refractivity contribution >= 4 is 29.6 Å². The number of hydrazone groups is 1. The molecule has 0 saturated carbocycles. The van der Waals surface area contributed by atoms with Gasteiger partial charge in [0, 0.05) is 21.7 Å². The van der Waals surface area contributed by atoms with Crippen molar-refractivity contribution in [1.82, 2.24) is 10.7 Å². The molecule has 6 nitrogen and oxygen atoms in total. The normalized spacial score (nSPS) is 19.0. The molecule has 3 aromatic rings. The number of nitrogens with zero attached hydrogens (tertiary/aromatic N) is 1. The van der Waals surface area contributed by atoms with Crippen molar-refractivity contribution in [1.29, 1.82) is 0 Å². The number of carbonyl (C=O) groups excluding carboxylic acids is 2. The molecule has 1 aliphatic heterocycles. The fourth-order valence-corrected chi connectivity index (χ4v) is 3.81. The van der Waals surface area contributed by atoms with Crippen LogP contribution in [0.4, 0.5) is 0 Å². The summed E-state index contributed by atoms with van der Waals surface area (Å²) in [7, 11) is 1.56. The fraction of sp³-hybridized carbons (Fsp3) is 0.160. The van der Waals surface area contributed by atoms with Crippen molar-refractivity contribution in [2.75, 3.05) is 7.11 Å². The average Bonchev–Trinajstić information content (AvgIpc) is 3.10. The lowest BCUT2D eigenvalue weighted by atomic mass is 9.99. The second-order valence-electron chi connectivity index (χ2n) is 7.55. The Morgan fingerprint density at radius 3 is 2.41 bits per heavy atom. The van der Waals surface area contributed by atoms with E-state index in [9.17, 15) is 9.59 Å². The number of hydrogen-bond acceptors (Lipinski definition) is 3. The number of nitrogens with one attached hydrogen (secondary N) is 2. The summed E-state index contributed by atoms with van der Waals surface area (Å²) >= 11 is 6.08. The molecule has 1 saturated heterocycles. The summed E-state index contributed by atoms with van der Waals surface area (Å²) in [6.07, 6.45) is 1.88. The van der Waals surface area contributed by atoms with Crippen LogP contribution in [-0.2, 0) is 4.79 Å². The summed E-state index contributed by atoms with van der Waals surface area (Å²) in [4.78, 5) is 25.9. The molecule has 1 heterocycles. The lowest BCUT2D eigenvalue weighted by Crippen LogP contribution is -2.42. The first kappa shape index (κ1) is 21.6. The zero-order valence-corrected chi connectivity index (χ0v) is 18.5. The van der Waals surface area contributed by atoms with Crippen molar-refractivity contribution in [3.05, 3.63) is 100 Å². The van der Waals surface area contributed by atoms with Crippen LogP contribution in [0.3, 0.4) is 0 Å². The number of benzene rings is 3. The summed E-state index contributed by atoms with van der Waals surface area (Å²) < 4.78 is 6.89. The summed E-state index contributed by atoms with van der Waals surface area (Å²) in [6.45, 7) is 2.00. The van der Waals surface area contributed by atoms with E-state index in [1.165, 1.54) is 0 Å². The van der Waals surface area contributed by atoms with E-state index in [0.717, 1.165) is 16.7 Å². The van der Waals surface area contributed by atoms with E-state index in [1.54, 1.807) is 48.2 Å². The first-order chi connectivity index (χ1) is 15.5. The number of hydrogen-bond donors (Lipinski definition) is 2. The van der Waals surface area contributed by atoms with E-state index in [2.05, 4.69) is 10.7 Å². The molecule has 0 bridgehead atoms. The second-order valence-corrected chi connectivity index (χ2v) is 7.98. The van der Waals surface area contributed by atoms with Gasteiger partial charge in [0.1, 0.15) is 5.75 Å². The van der Waals surface area contributed by atoms with Gasteiger partial charge in [-0.25, -0.2) is 0 Å². The molecule has 2 atom stereocenters. The van der Waals surface area contributed by atoms with Crippen molar-refractivity contribution in [2.24, 2.45) is 0 Å². The third-order valence-corrected chi connectivity index (χ3v) is 5.71. The highest BCUT2D eigenvalue weighted by atomic mass is 35.5. The van der Waals surface area contributed by atoms with Gasteiger partial charge in [-0.1, -0.05) is 41.9 Å². The first-order valence-electron chi connectivity index (χ1n) is 10.2. The van der Waals surface area contributed by atoms with Crippen LogP contribution in [-0.4, -0.2) is 35.9 Å². The van der Waals surface area contributed by atoms with Gasteiger partial charge in [0.05, 0.1) is 7.11 Å². The van der Waals surface area contributed by atoms with Gasteiger partial charge in [0.25, 0.3) is 5.91 Å². The van der Waals surface area contributed by atoms with Gasteiger partial charge in [-0.05, 0) is 55.0 Å². The second kappa shape index (κ2) is 9.24. The third-order valence-electron chi connectivity index (χ3n) is 5.45. The van der Waals surface area contributed by atoms with Crippen LogP contribution in [0.2, 0.25) is 5.02 Å². The Morgan fingerprint density at radius 2 is 1.75 bits per heavy atom. The molecule has 162 valence electrons. The maximum atomic E-state index is 12.9. The van der Waals surface area contributed by atoms with Crippen LogP contribution >= 0.6 is 11.6 Å². The molecule has 0 aromatic heterocycles. The Bertz CT molecular complexity index is 1170. The molecule has 32 heavy (non-hydrogen) atoms. The molecule has 1 fully saturated rings. The molecule has 7 heteroatoms. The van der Waals surface area contributed by atoms with Crippen LogP contribution < -0.4 is 15.5 Å². The Morgan fingerprint density at radius 1 is 1.06 bits per heavy atom. The monoisotopic (exact) mass is 448 g/mol. The maximum Gasteiger partial charge on any atom is 0.304 e. The molecular weight excluding hydrogens is 426 g/mol. The van der Waals surface area contributed by atoms with E-state index >= 15 is 0 Å². The predicted molar refractivity (Wildman–Crippen MR) is 123 cm³/mol. The number of methoxy groups -OCH3 is 1. The molecule has 3 aromatic carbocycles. The molecular formula is C25H23ClN3O3+. The van der Waals surface area contributed by atoms with Gasteiger partial charge < -0.3 is 10.1 Å². The van der Waals surface area contributed by atoms with E-state index < -0.39 is 12.1 Å². The zero-order valence-electron chi connectivity index (χ0n) is 17.7. The van der Waals surface area contributed by atoms with E-state index in [-0.39, 0.29) is 11.8 Å². The molecule has 0 radical (unpaired) electrons. The lowest BCUT2D eigenvalue weighted by Gasteiger charge is -2.15. The fourth-order valence-electron chi connectivity index (χ4n) is 3.69. The smallest absolute Gasteiger partial charge is 0.304 e. The van der Waals surface area contributed by atoms with Crippen LogP contribution in [0.15, 0.2) is 72.8 Å². The Labute approximate surface area is 191 Å². The topological polar surface area (TPSA) is 70.4 Å². The Kier molecular flexibility index (Phi) is 6.23. The third kappa shape index (κ3) is 4.50. The lowest BCUT2D eigenvalue weighted by molar-refractivity contribution is -0.596. The van der Waals surface area contributed by atoms with Gasteiger partial charge >= 0.3 is 5.91 Å². The summed E-state index contributed by atoms with van der Waals surface area (Å²) in [6, 6.07) is 20.6. The van der Waals surface area contributed by atoms with E-state index in [1.807, 2.05) is 49.5 Å². The van der Waals surface area contributed by atoms with Crippen molar-refractivity contribution in [3.63, 3.8) is 0 Å². The van der Waals surface area contributed by atoms with Gasteiger partial charge in [0.2, 0.25) is 12.3 Å². The quantitative estimate of drug-likeness (QED) is 0.585. The average molecular weight is 449 g/mol. The molecule has 0 spiro atoms. The highest BCUT2D eigenvalue weighted by Gasteiger charge is 2.47. The van der Waals surface area contributed by atoms with Crippen LogP contribution in [0, 0.1) is 6.92 Å². The van der Waals surface area contributed by atoms with Gasteiger partial charge in [-0.2, -0.15) is 0 Å². The highest BCUT2D eigenvalue weighted by Crippen LogP contribution is 2.27. The number of amides is 2. The van der Waals surface area contributed by atoms with Gasteiger partial charge in [-0.15, -0.1) is 10.1 Å². The van der Waals surface area contributed by atoms with Crippen molar-refractivity contribution < 1.29 is 19.0 Å². The van der Waals surface area contributed by atoms with Crippen LogP contribution in [0.25, 0.3) is 0 Å². The van der Waals surface area contributed by atoms with Gasteiger partial charge in [0.15, 0.2) is 6.04 Å². The van der Waals surface area contributed by atoms with Crippen LogP contribution in [0.1, 0.15) is 33.1 Å². The van der Waals surface area contributed by atoms with Crippen molar-refractivity contribution in [2.45, 2.75) is 19.0 Å².